The van der Waals surface area contributed by atoms with Crippen LogP contribution in [0.5, 0.6) is 11.5 Å². The van der Waals surface area contributed by atoms with Gasteiger partial charge < -0.3 is 20.3 Å². The molecule has 1 atom stereocenters. The van der Waals surface area contributed by atoms with Gasteiger partial charge in [0.1, 0.15) is 19.3 Å². The Hall–Kier alpha value is -1.27. The van der Waals surface area contributed by atoms with Gasteiger partial charge in [0.15, 0.2) is 11.5 Å². The normalized spacial score (nSPS) is 15.6. The monoisotopic (exact) mass is 287 g/mol. The summed E-state index contributed by atoms with van der Waals surface area (Å²) in [7, 11) is 0. The van der Waals surface area contributed by atoms with Crippen LogP contribution in [0.15, 0.2) is 16.6 Å². The summed E-state index contributed by atoms with van der Waals surface area (Å²) in [5.41, 5.74) is 6.00. The summed E-state index contributed by atoms with van der Waals surface area (Å²) in [6, 6.07) is 2.29. The number of ether oxygens (including phenoxy) is 2. The number of hydrogen-bond acceptors (Lipinski definition) is 4. The van der Waals surface area contributed by atoms with Crippen molar-refractivity contribution in [3.8, 4) is 11.5 Å². The van der Waals surface area contributed by atoms with Crippen molar-refractivity contribution >= 4 is 21.9 Å². The molecule has 1 unspecified atom stereocenters. The lowest BCUT2D eigenvalue weighted by molar-refractivity contribution is -0.138. The quantitative estimate of drug-likeness (QED) is 0.857. The molecule has 0 saturated heterocycles. The number of carboxylic acid groups (broad SMARTS) is 1. The third kappa shape index (κ3) is 1.85. The van der Waals surface area contributed by atoms with E-state index in [0.717, 1.165) is 0 Å². The van der Waals surface area contributed by atoms with E-state index in [0.29, 0.717) is 34.7 Å². The van der Waals surface area contributed by atoms with Crippen LogP contribution in [0.3, 0.4) is 0 Å². The van der Waals surface area contributed by atoms with E-state index < -0.39 is 12.0 Å². The minimum absolute atomic E-state index is 0.392. The summed E-state index contributed by atoms with van der Waals surface area (Å²) < 4.78 is 11.4. The fraction of sp³-hybridized carbons (Fsp3) is 0.300. The van der Waals surface area contributed by atoms with Crippen LogP contribution in [0.4, 0.5) is 0 Å². The molecule has 0 spiro atoms. The summed E-state index contributed by atoms with van der Waals surface area (Å²) in [6.45, 7) is 0.846. The Labute approximate surface area is 100 Å². The van der Waals surface area contributed by atoms with Crippen molar-refractivity contribution in [3.63, 3.8) is 0 Å². The number of halogens is 1. The molecule has 1 heterocycles. The summed E-state index contributed by atoms with van der Waals surface area (Å²) in [6.07, 6.45) is 0. The van der Waals surface area contributed by atoms with E-state index in [4.69, 9.17) is 20.3 Å². The average Bonchev–Trinajstić information content (AvgIpc) is 2.28. The first-order valence-corrected chi connectivity index (χ1v) is 5.47. The van der Waals surface area contributed by atoms with Gasteiger partial charge in [-0.3, -0.25) is 4.79 Å². The molecule has 1 aromatic carbocycles. The summed E-state index contributed by atoms with van der Waals surface area (Å²) in [4.78, 5) is 10.9. The Balaban J connectivity index is 2.53. The maximum Gasteiger partial charge on any atom is 0.325 e. The number of carbonyl (C=O) groups is 1. The average molecular weight is 288 g/mol. The second-order valence-electron chi connectivity index (χ2n) is 3.30. The number of benzene rings is 1. The number of carboxylic acids is 1. The molecule has 0 amide bonds. The SMILES string of the molecule is NC(C(=O)O)c1c(Br)ccc2c1OCCO2. The fourth-order valence-electron chi connectivity index (χ4n) is 1.53. The molecule has 0 aliphatic carbocycles. The standard InChI is InChI=1S/C10H10BrNO4/c11-5-1-2-6-9(16-4-3-15-6)7(5)8(12)10(13)14/h1-2,8H,3-4,12H2,(H,13,14). The zero-order valence-corrected chi connectivity index (χ0v) is 9.86. The van der Waals surface area contributed by atoms with Crippen molar-refractivity contribution in [2.45, 2.75) is 6.04 Å². The Morgan fingerprint density at radius 1 is 1.44 bits per heavy atom. The number of rotatable bonds is 2. The first-order valence-electron chi connectivity index (χ1n) is 4.67. The molecule has 16 heavy (non-hydrogen) atoms. The molecule has 86 valence electrons. The lowest BCUT2D eigenvalue weighted by atomic mass is 10.1. The van der Waals surface area contributed by atoms with E-state index >= 15 is 0 Å². The fourth-order valence-corrected chi connectivity index (χ4v) is 2.09. The third-order valence-electron chi connectivity index (χ3n) is 2.27. The number of hydrogen-bond donors (Lipinski definition) is 2. The zero-order valence-electron chi connectivity index (χ0n) is 8.27. The second-order valence-corrected chi connectivity index (χ2v) is 4.16. The molecule has 1 aliphatic rings. The van der Waals surface area contributed by atoms with Crippen molar-refractivity contribution in [1.29, 1.82) is 0 Å². The van der Waals surface area contributed by atoms with Crippen LogP contribution in [0.1, 0.15) is 11.6 Å². The molecule has 5 nitrogen and oxygen atoms in total. The van der Waals surface area contributed by atoms with E-state index in [1.54, 1.807) is 12.1 Å². The molecule has 3 N–H and O–H groups in total. The molecule has 6 heteroatoms. The van der Waals surface area contributed by atoms with Gasteiger partial charge in [-0.2, -0.15) is 0 Å². The van der Waals surface area contributed by atoms with Gasteiger partial charge in [0.25, 0.3) is 0 Å². The number of nitrogens with two attached hydrogens (primary N) is 1. The van der Waals surface area contributed by atoms with Crippen LogP contribution in [0, 0.1) is 0 Å². The minimum atomic E-state index is -1.13. The smallest absolute Gasteiger partial charge is 0.325 e. The van der Waals surface area contributed by atoms with Gasteiger partial charge in [-0.1, -0.05) is 15.9 Å². The maximum atomic E-state index is 10.9. The molecule has 1 aliphatic heterocycles. The summed E-state index contributed by atoms with van der Waals surface area (Å²) >= 11 is 3.27. The molecule has 1 aromatic rings. The molecule has 0 saturated carbocycles. The first-order chi connectivity index (χ1) is 7.61. The first kappa shape index (κ1) is 11.2. The van der Waals surface area contributed by atoms with Crippen LogP contribution in [-0.4, -0.2) is 24.3 Å². The molecule has 0 radical (unpaired) electrons. The Kier molecular flexibility index (Phi) is 3.02. The van der Waals surface area contributed by atoms with Gasteiger partial charge >= 0.3 is 5.97 Å². The van der Waals surface area contributed by atoms with Gasteiger partial charge in [-0.05, 0) is 12.1 Å². The van der Waals surface area contributed by atoms with E-state index in [2.05, 4.69) is 15.9 Å². The lowest BCUT2D eigenvalue weighted by Crippen LogP contribution is -2.24. The van der Waals surface area contributed by atoms with Crippen molar-refractivity contribution in [2.75, 3.05) is 13.2 Å². The summed E-state index contributed by atoms with van der Waals surface area (Å²) in [5, 5.41) is 8.92. The number of fused-ring (bicyclic) bond motifs is 1. The van der Waals surface area contributed by atoms with Crippen molar-refractivity contribution in [1.82, 2.24) is 0 Å². The molecule has 0 fully saturated rings. The van der Waals surface area contributed by atoms with Crippen LogP contribution < -0.4 is 15.2 Å². The number of aliphatic carboxylic acids is 1. The highest BCUT2D eigenvalue weighted by Crippen LogP contribution is 2.40. The maximum absolute atomic E-state index is 10.9. The lowest BCUT2D eigenvalue weighted by Gasteiger charge is -2.23. The third-order valence-corrected chi connectivity index (χ3v) is 2.96. The zero-order chi connectivity index (χ0) is 11.7. The highest BCUT2D eigenvalue weighted by molar-refractivity contribution is 9.10. The minimum Gasteiger partial charge on any atom is -0.486 e. The predicted molar refractivity (Wildman–Crippen MR) is 59.7 cm³/mol. The predicted octanol–water partition coefficient (Wildman–Crippen LogP) is 1.30. The van der Waals surface area contributed by atoms with Crippen molar-refractivity contribution in [2.24, 2.45) is 5.73 Å². The van der Waals surface area contributed by atoms with Gasteiger partial charge in [0, 0.05) is 10.0 Å². The van der Waals surface area contributed by atoms with Gasteiger partial charge in [0.2, 0.25) is 0 Å². The Morgan fingerprint density at radius 3 is 2.81 bits per heavy atom. The Morgan fingerprint density at radius 2 is 2.12 bits per heavy atom. The highest BCUT2D eigenvalue weighted by Gasteiger charge is 2.26. The van der Waals surface area contributed by atoms with Crippen LogP contribution >= 0.6 is 15.9 Å². The van der Waals surface area contributed by atoms with Crippen molar-refractivity contribution < 1.29 is 19.4 Å². The molecule has 0 bridgehead atoms. The van der Waals surface area contributed by atoms with Crippen LogP contribution in [0.2, 0.25) is 0 Å². The van der Waals surface area contributed by atoms with E-state index in [1.807, 2.05) is 0 Å². The molecular weight excluding hydrogens is 278 g/mol. The highest BCUT2D eigenvalue weighted by atomic mass is 79.9. The van der Waals surface area contributed by atoms with Crippen LogP contribution in [0.25, 0.3) is 0 Å². The van der Waals surface area contributed by atoms with Crippen molar-refractivity contribution in [3.05, 3.63) is 22.2 Å². The van der Waals surface area contributed by atoms with Gasteiger partial charge in [-0.15, -0.1) is 0 Å². The van der Waals surface area contributed by atoms with Crippen LogP contribution in [-0.2, 0) is 4.79 Å². The topological polar surface area (TPSA) is 81.8 Å². The molecular formula is C10H10BrNO4. The molecule has 2 rings (SSSR count). The van der Waals surface area contributed by atoms with Gasteiger partial charge in [-0.25, -0.2) is 0 Å². The Bertz CT molecular complexity index is 435. The summed E-state index contributed by atoms with van der Waals surface area (Å²) in [5.74, 6) is -0.167. The van der Waals surface area contributed by atoms with Gasteiger partial charge in [0.05, 0.1) is 0 Å². The van der Waals surface area contributed by atoms with E-state index in [-0.39, 0.29) is 0 Å². The van der Waals surface area contributed by atoms with E-state index in [9.17, 15) is 4.79 Å². The second kappa shape index (κ2) is 4.31. The van der Waals surface area contributed by atoms with E-state index in [1.165, 1.54) is 0 Å². The largest absolute Gasteiger partial charge is 0.486 e. The molecule has 0 aromatic heterocycles.